The van der Waals surface area contributed by atoms with E-state index in [0.29, 0.717) is 59.8 Å². The zero-order valence-electron chi connectivity index (χ0n) is 31.1. The molecule has 2 saturated heterocycles. The van der Waals surface area contributed by atoms with E-state index in [1.807, 2.05) is 44.2 Å². The number of carbonyl (C=O) groups is 2. The number of nitrogens with one attached hydrogen (secondary N) is 5. The number of fused-ring (bicyclic) bond motifs is 4. The van der Waals surface area contributed by atoms with Crippen LogP contribution in [0.3, 0.4) is 0 Å². The number of alkyl carbamates (subject to hydrolysis) is 1. The summed E-state index contributed by atoms with van der Waals surface area (Å²) in [5, 5.41) is 9.22. The van der Waals surface area contributed by atoms with Gasteiger partial charge in [0.2, 0.25) is 5.91 Å². The molecule has 5 aromatic rings. The third-order valence-electron chi connectivity index (χ3n) is 10.9. The number of nitrogens with zero attached hydrogens (tertiary/aromatic N) is 2. The number of hydrogen-bond acceptors (Lipinski definition) is 7. The van der Waals surface area contributed by atoms with E-state index in [-0.39, 0.29) is 72.1 Å². The zero-order chi connectivity index (χ0) is 36.9. The van der Waals surface area contributed by atoms with Gasteiger partial charge in [0.25, 0.3) is 5.92 Å². The molecule has 300 valence electrons. The largest absolute Gasteiger partial charge is 0.453 e. The second-order valence-corrected chi connectivity index (χ2v) is 14.6. The van der Waals surface area contributed by atoms with Gasteiger partial charge in [0.15, 0.2) is 0 Å². The number of carbonyl (C=O) groups excluding carboxylic acids is 2. The molecule has 3 aromatic carbocycles. The first-order chi connectivity index (χ1) is 25.6. The molecule has 5 N–H and O–H groups in total. The van der Waals surface area contributed by atoms with Gasteiger partial charge in [0, 0.05) is 29.9 Å². The van der Waals surface area contributed by atoms with Gasteiger partial charge < -0.3 is 35.4 Å². The predicted octanol–water partition coefficient (Wildman–Crippen LogP) is 8.39. The summed E-state index contributed by atoms with van der Waals surface area (Å²) in [6.07, 6.45) is 4.28. The fraction of sp³-hybridized carbons (Fsp3) is 0.400. The van der Waals surface area contributed by atoms with E-state index < -0.39 is 24.1 Å². The number of amides is 2. The normalized spacial score (nSPS) is 18.1. The molecule has 3 atom stereocenters. The monoisotopic (exact) mass is 831 g/mol. The van der Waals surface area contributed by atoms with E-state index in [9.17, 15) is 9.59 Å². The summed E-state index contributed by atoms with van der Waals surface area (Å²) in [7, 11) is 1.26. The molecule has 1 aliphatic carbocycles. The Labute approximate surface area is 342 Å². The highest BCUT2D eigenvalue weighted by Crippen LogP contribution is 2.52. The van der Waals surface area contributed by atoms with Gasteiger partial charge in [-0.25, -0.2) is 14.8 Å². The topological polar surface area (TPSA) is 146 Å². The first-order valence-corrected chi connectivity index (χ1v) is 18.3. The maximum atomic E-state index is 16.3. The van der Waals surface area contributed by atoms with Gasteiger partial charge in [0.1, 0.15) is 17.7 Å². The molecule has 0 saturated carbocycles. The first-order valence-electron chi connectivity index (χ1n) is 18.3. The van der Waals surface area contributed by atoms with E-state index in [1.54, 1.807) is 24.4 Å². The van der Waals surface area contributed by atoms with Crippen LogP contribution in [0.2, 0.25) is 0 Å². The van der Waals surface area contributed by atoms with Crippen LogP contribution >= 0.6 is 37.2 Å². The Kier molecular flexibility index (Phi) is 13.4. The van der Waals surface area contributed by atoms with Crippen molar-refractivity contribution in [3.05, 3.63) is 83.6 Å². The van der Waals surface area contributed by atoms with Crippen molar-refractivity contribution in [3.63, 3.8) is 0 Å². The van der Waals surface area contributed by atoms with Crippen LogP contribution < -0.4 is 16.0 Å². The van der Waals surface area contributed by atoms with Crippen molar-refractivity contribution < 1.29 is 27.8 Å². The Hall–Kier alpha value is -4.27. The Balaban J connectivity index is 0.00000200. The quantitative estimate of drug-likeness (QED) is 0.100. The number of benzene rings is 3. The average Bonchev–Trinajstić information content (AvgIpc) is 3.99. The molecule has 16 heteroatoms. The average molecular weight is 833 g/mol. The number of imidazole rings is 2. The summed E-state index contributed by atoms with van der Waals surface area (Å²) in [4.78, 5) is 41.8. The van der Waals surface area contributed by atoms with Gasteiger partial charge >= 0.3 is 6.09 Å². The van der Waals surface area contributed by atoms with Crippen LogP contribution in [-0.2, 0) is 20.2 Å². The Morgan fingerprint density at radius 2 is 1.55 bits per heavy atom. The summed E-state index contributed by atoms with van der Waals surface area (Å²) in [6, 6.07) is 15.0. The standard InChI is InChI=1S/C40H43F2N7O4.3ClH/c1-21(2)34(48-38(50)35(49-39(51)52-3)22-12-15-53-16-13-22)37-44-20-33(47-37)25-7-10-27-26-9-6-23(17-28(26)40(41,42)29(27)18-25)24-8-11-30-32(19-24)46-36(45-30)31-5-4-14-43-31;;;/h6-11,17-22,31,34-35,43H,4-5,12-16H2,1-3H3,(H,44,47)(H,45,46)(H,48,50)(H,49,51);3*1H/t31-,34-,35-;;;/m0.../s1. The second-order valence-electron chi connectivity index (χ2n) is 14.6. The molecule has 2 aromatic heterocycles. The highest BCUT2D eigenvalue weighted by molar-refractivity contribution is 5.88. The highest BCUT2D eigenvalue weighted by atomic mass is 35.5. The number of aromatic nitrogens is 4. The molecule has 4 heterocycles. The molecule has 3 aliphatic rings. The molecular weight excluding hydrogens is 787 g/mol. The summed E-state index contributed by atoms with van der Waals surface area (Å²) in [5.41, 5.74) is 5.25. The van der Waals surface area contributed by atoms with Crippen LogP contribution in [0.1, 0.15) is 74.4 Å². The van der Waals surface area contributed by atoms with Crippen molar-refractivity contribution in [2.45, 2.75) is 63.6 Å². The van der Waals surface area contributed by atoms with E-state index in [4.69, 9.17) is 14.5 Å². The van der Waals surface area contributed by atoms with E-state index in [2.05, 4.69) is 30.9 Å². The van der Waals surface area contributed by atoms with Crippen molar-refractivity contribution in [2.75, 3.05) is 26.9 Å². The van der Waals surface area contributed by atoms with Crippen LogP contribution in [-0.4, -0.2) is 64.8 Å². The number of methoxy groups -OCH3 is 1. The molecule has 2 fully saturated rings. The molecule has 0 radical (unpaired) electrons. The highest BCUT2D eigenvalue weighted by Gasteiger charge is 2.45. The second kappa shape index (κ2) is 17.5. The molecule has 11 nitrogen and oxygen atoms in total. The van der Waals surface area contributed by atoms with Crippen molar-refractivity contribution in [1.82, 2.24) is 35.9 Å². The lowest BCUT2D eigenvalue weighted by Gasteiger charge is -2.31. The molecule has 0 spiro atoms. The summed E-state index contributed by atoms with van der Waals surface area (Å²) >= 11 is 0. The number of alkyl halides is 2. The number of aromatic amines is 2. The third-order valence-corrected chi connectivity index (χ3v) is 10.9. The van der Waals surface area contributed by atoms with Crippen molar-refractivity contribution in [3.8, 4) is 33.5 Å². The van der Waals surface area contributed by atoms with Gasteiger partial charge in [-0.1, -0.05) is 44.2 Å². The van der Waals surface area contributed by atoms with Crippen molar-refractivity contribution >= 4 is 60.3 Å². The SMILES string of the molecule is COC(=O)N[C@H](C(=O)N[C@H](c1ncc(-c2ccc3c(c2)C(F)(F)c2cc(-c4ccc5nc([C@@H]6CCCN6)[nH]c5c4)ccc2-3)[nH]1)C(C)C)C1CCOCC1.Cl.Cl.Cl. The molecule has 8 rings (SSSR count). The minimum Gasteiger partial charge on any atom is -0.453 e. The van der Waals surface area contributed by atoms with Gasteiger partial charge in [0.05, 0.1) is 42.1 Å². The van der Waals surface area contributed by atoms with Gasteiger partial charge in [-0.3, -0.25) is 4.79 Å². The molecular formula is C40H46Cl3F2N7O4. The minimum atomic E-state index is -3.22. The predicted molar refractivity (Wildman–Crippen MR) is 218 cm³/mol. The number of halogens is 5. The van der Waals surface area contributed by atoms with E-state index in [0.717, 1.165) is 41.8 Å². The lowest BCUT2D eigenvalue weighted by molar-refractivity contribution is -0.126. The van der Waals surface area contributed by atoms with E-state index in [1.165, 1.54) is 13.2 Å². The molecule has 2 amide bonds. The van der Waals surface area contributed by atoms with Crippen LogP contribution in [0.4, 0.5) is 13.6 Å². The molecule has 0 unspecified atom stereocenters. The summed E-state index contributed by atoms with van der Waals surface area (Å²) in [6.45, 7) is 5.87. The van der Waals surface area contributed by atoms with Crippen LogP contribution in [0.25, 0.3) is 44.5 Å². The Bertz CT molecular complexity index is 2180. The van der Waals surface area contributed by atoms with Crippen LogP contribution in [0.5, 0.6) is 0 Å². The van der Waals surface area contributed by atoms with Crippen molar-refractivity contribution in [2.24, 2.45) is 11.8 Å². The maximum Gasteiger partial charge on any atom is 0.407 e. The maximum absolute atomic E-state index is 16.3. The molecule has 0 bridgehead atoms. The lowest BCUT2D eigenvalue weighted by atomic mass is 9.90. The zero-order valence-corrected chi connectivity index (χ0v) is 33.6. The number of H-pyrrole nitrogens is 2. The number of rotatable bonds is 9. The summed E-state index contributed by atoms with van der Waals surface area (Å²) in [5.74, 6) is -2.40. The fourth-order valence-electron chi connectivity index (χ4n) is 7.93. The van der Waals surface area contributed by atoms with Gasteiger partial charge in [-0.2, -0.15) is 8.78 Å². The first kappa shape index (κ1) is 42.9. The molecule has 56 heavy (non-hydrogen) atoms. The molecule has 2 aliphatic heterocycles. The number of hydrogen-bond donors (Lipinski definition) is 5. The van der Waals surface area contributed by atoms with Crippen LogP contribution in [0.15, 0.2) is 60.8 Å². The number of ether oxygens (including phenoxy) is 2. The van der Waals surface area contributed by atoms with E-state index >= 15 is 8.78 Å². The third kappa shape index (κ3) is 8.10. The lowest BCUT2D eigenvalue weighted by Crippen LogP contribution is -2.53. The van der Waals surface area contributed by atoms with Gasteiger partial charge in [-0.05, 0) is 90.6 Å². The van der Waals surface area contributed by atoms with Crippen molar-refractivity contribution in [1.29, 1.82) is 0 Å². The fourth-order valence-corrected chi connectivity index (χ4v) is 7.93. The Morgan fingerprint density at radius 1 is 0.893 bits per heavy atom. The van der Waals surface area contributed by atoms with Gasteiger partial charge in [-0.15, -0.1) is 37.2 Å². The summed E-state index contributed by atoms with van der Waals surface area (Å²) < 4.78 is 42.9. The minimum absolute atomic E-state index is 0. The smallest absolute Gasteiger partial charge is 0.407 e. The van der Waals surface area contributed by atoms with Crippen LogP contribution in [0, 0.1) is 11.8 Å². The Morgan fingerprint density at radius 3 is 2.21 bits per heavy atom.